The molecule has 2 saturated heterocycles. The van der Waals surface area contributed by atoms with Crippen LogP contribution in [0.5, 0.6) is 0 Å². The van der Waals surface area contributed by atoms with Crippen molar-refractivity contribution in [3.8, 4) is 0 Å². The van der Waals surface area contributed by atoms with Crippen LogP contribution in [-0.2, 0) is 9.53 Å². The molecule has 4 nitrogen and oxygen atoms in total. The lowest BCUT2D eigenvalue weighted by Gasteiger charge is -2.36. The molecule has 0 bridgehead atoms. The average molecular weight is 254 g/mol. The van der Waals surface area contributed by atoms with Gasteiger partial charge in [0.25, 0.3) is 0 Å². The van der Waals surface area contributed by atoms with Gasteiger partial charge in [0.05, 0.1) is 6.10 Å². The molecule has 4 heteroatoms. The minimum atomic E-state index is 0.288. The third-order valence-electron chi connectivity index (χ3n) is 4.47. The highest BCUT2D eigenvalue weighted by Gasteiger charge is 2.28. The van der Waals surface area contributed by atoms with Gasteiger partial charge in [-0.3, -0.25) is 4.79 Å². The molecule has 3 unspecified atom stereocenters. The Labute approximate surface area is 110 Å². The molecule has 18 heavy (non-hydrogen) atoms. The van der Waals surface area contributed by atoms with Crippen LogP contribution in [0.1, 0.15) is 39.0 Å². The number of likely N-dealkylation sites (tertiary alicyclic amines) is 1. The Morgan fingerprint density at radius 2 is 2.28 bits per heavy atom. The van der Waals surface area contributed by atoms with E-state index < -0.39 is 0 Å². The predicted octanol–water partition coefficient (Wildman–Crippen LogP) is 1.39. The smallest absolute Gasteiger partial charge is 0.222 e. The summed E-state index contributed by atoms with van der Waals surface area (Å²) in [4.78, 5) is 14.2. The largest absolute Gasteiger partial charge is 0.378 e. The van der Waals surface area contributed by atoms with Crippen LogP contribution >= 0.6 is 0 Å². The summed E-state index contributed by atoms with van der Waals surface area (Å²) < 4.78 is 5.56. The van der Waals surface area contributed by atoms with E-state index in [-0.39, 0.29) is 5.91 Å². The molecule has 3 atom stereocenters. The fourth-order valence-electron chi connectivity index (χ4n) is 3.00. The molecule has 2 aliphatic heterocycles. The van der Waals surface area contributed by atoms with Gasteiger partial charge >= 0.3 is 0 Å². The Morgan fingerprint density at radius 1 is 1.44 bits per heavy atom. The molecule has 0 saturated carbocycles. The van der Waals surface area contributed by atoms with Crippen molar-refractivity contribution in [2.75, 3.05) is 26.2 Å². The second kappa shape index (κ2) is 6.53. The van der Waals surface area contributed by atoms with E-state index in [9.17, 15) is 4.79 Å². The number of carbonyl (C=O) groups is 1. The standard InChI is InChI=1S/C14H26N2O2/c1-11-6-7-16(10-12(11)9-15)14(17)5-4-13-3-2-8-18-13/h11-13H,2-10,15H2,1H3. The van der Waals surface area contributed by atoms with Crippen LogP contribution in [0, 0.1) is 11.8 Å². The van der Waals surface area contributed by atoms with Gasteiger partial charge in [0.1, 0.15) is 0 Å². The van der Waals surface area contributed by atoms with Crippen LogP contribution in [0.15, 0.2) is 0 Å². The lowest BCUT2D eigenvalue weighted by Crippen LogP contribution is -2.45. The molecule has 2 aliphatic rings. The number of nitrogens with zero attached hydrogens (tertiary/aromatic N) is 1. The minimum absolute atomic E-state index is 0.288. The van der Waals surface area contributed by atoms with E-state index >= 15 is 0 Å². The molecule has 2 heterocycles. The summed E-state index contributed by atoms with van der Waals surface area (Å²) >= 11 is 0. The maximum atomic E-state index is 12.2. The summed E-state index contributed by atoms with van der Waals surface area (Å²) in [5.74, 6) is 1.42. The number of hydrogen-bond acceptors (Lipinski definition) is 3. The fourth-order valence-corrected chi connectivity index (χ4v) is 3.00. The highest BCUT2D eigenvalue weighted by Crippen LogP contribution is 2.24. The van der Waals surface area contributed by atoms with Crippen LogP contribution in [0.25, 0.3) is 0 Å². The summed E-state index contributed by atoms with van der Waals surface area (Å²) in [6.07, 6.45) is 5.20. The molecular formula is C14H26N2O2. The summed E-state index contributed by atoms with van der Waals surface area (Å²) in [6, 6.07) is 0. The summed E-state index contributed by atoms with van der Waals surface area (Å²) in [5.41, 5.74) is 5.77. The van der Waals surface area contributed by atoms with Gasteiger partial charge in [-0.05, 0) is 44.1 Å². The molecule has 0 aromatic rings. The van der Waals surface area contributed by atoms with Gasteiger partial charge < -0.3 is 15.4 Å². The van der Waals surface area contributed by atoms with Gasteiger partial charge in [-0.25, -0.2) is 0 Å². The van der Waals surface area contributed by atoms with Gasteiger partial charge in [0.15, 0.2) is 0 Å². The average Bonchev–Trinajstić information content (AvgIpc) is 2.89. The summed E-state index contributed by atoms with van der Waals surface area (Å²) in [6.45, 7) is 5.56. The molecule has 0 radical (unpaired) electrons. The Bertz CT molecular complexity index is 277. The number of rotatable bonds is 4. The molecule has 0 aromatic carbocycles. The first-order valence-corrected chi connectivity index (χ1v) is 7.30. The number of ether oxygens (including phenoxy) is 1. The maximum absolute atomic E-state index is 12.2. The van der Waals surface area contributed by atoms with Crippen LogP contribution in [0.2, 0.25) is 0 Å². The molecule has 2 rings (SSSR count). The van der Waals surface area contributed by atoms with Crippen molar-refractivity contribution in [3.63, 3.8) is 0 Å². The van der Waals surface area contributed by atoms with Crippen molar-refractivity contribution in [1.29, 1.82) is 0 Å². The van der Waals surface area contributed by atoms with E-state index in [0.717, 1.165) is 45.4 Å². The number of piperidine rings is 1. The maximum Gasteiger partial charge on any atom is 0.222 e. The zero-order valence-corrected chi connectivity index (χ0v) is 11.4. The van der Waals surface area contributed by atoms with Gasteiger partial charge in [-0.2, -0.15) is 0 Å². The number of amides is 1. The molecule has 0 aliphatic carbocycles. The number of carbonyl (C=O) groups excluding carboxylic acids is 1. The van der Waals surface area contributed by atoms with E-state index in [4.69, 9.17) is 10.5 Å². The monoisotopic (exact) mass is 254 g/mol. The van der Waals surface area contributed by atoms with Crippen molar-refractivity contribution in [2.24, 2.45) is 17.6 Å². The molecular weight excluding hydrogens is 228 g/mol. The number of nitrogens with two attached hydrogens (primary N) is 1. The highest BCUT2D eigenvalue weighted by molar-refractivity contribution is 5.76. The normalized spacial score (nSPS) is 32.8. The lowest BCUT2D eigenvalue weighted by atomic mass is 9.87. The SMILES string of the molecule is CC1CCN(C(=O)CCC2CCCO2)CC1CN. The molecule has 2 N–H and O–H groups in total. The summed E-state index contributed by atoms with van der Waals surface area (Å²) in [7, 11) is 0. The first-order valence-electron chi connectivity index (χ1n) is 7.30. The first kappa shape index (κ1) is 13.8. The Kier molecular flexibility index (Phi) is 5.01. The fraction of sp³-hybridized carbons (Fsp3) is 0.929. The van der Waals surface area contributed by atoms with Gasteiger partial charge in [-0.1, -0.05) is 6.92 Å². The third-order valence-corrected chi connectivity index (χ3v) is 4.47. The van der Waals surface area contributed by atoms with Crippen LogP contribution in [-0.4, -0.2) is 43.2 Å². The van der Waals surface area contributed by atoms with Gasteiger partial charge in [-0.15, -0.1) is 0 Å². The van der Waals surface area contributed by atoms with E-state index in [1.807, 2.05) is 4.90 Å². The van der Waals surface area contributed by atoms with Crippen LogP contribution in [0.3, 0.4) is 0 Å². The quantitative estimate of drug-likeness (QED) is 0.825. The molecule has 1 amide bonds. The van der Waals surface area contributed by atoms with Crippen molar-refractivity contribution in [3.05, 3.63) is 0 Å². The zero-order valence-electron chi connectivity index (χ0n) is 11.4. The lowest BCUT2D eigenvalue weighted by molar-refractivity contribution is -0.134. The second-order valence-corrected chi connectivity index (χ2v) is 5.78. The predicted molar refractivity (Wildman–Crippen MR) is 71.1 cm³/mol. The van der Waals surface area contributed by atoms with E-state index in [1.54, 1.807) is 0 Å². The Hall–Kier alpha value is -0.610. The zero-order chi connectivity index (χ0) is 13.0. The van der Waals surface area contributed by atoms with Crippen LogP contribution in [0.4, 0.5) is 0 Å². The second-order valence-electron chi connectivity index (χ2n) is 5.78. The molecule has 0 aromatic heterocycles. The van der Waals surface area contributed by atoms with Gasteiger partial charge in [0.2, 0.25) is 5.91 Å². The first-order chi connectivity index (χ1) is 8.70. The van der Waals surface area contributed by atoms with Crippen molar-refractivity contribution >= 4 is 5.91 Å². The molecule has 0 spiro atoms. The van der Waals surface area contributed by atoms with Crippen molar-refractivity contribution in [2.45, 2.75) is 45.1 Å². The molecule has 104 valence electrons. The van der Waals surface area contributed by atoms with Crippen LogP contribution < -0.4 is 5.73 Å². The van der Waals surface area contributed by atoms with E-state index in [0.29, 0.717) is 30.9 Å². The van der Waals surface area contributed by atoms with Gasteiger partial charge in [0, 0.05) is 26.1 Å². The van der Waals surface area contributed by atoms with E-state index in [2.05, 4.69) is 6.92 Å². The molecule has 2 fully saturated rings. The number of hydrogen-bond donors (Lipinski definition) is 1. The summed E-state index contributed by atoms with van der Waals surface area (Å²) in [5, 5.41) is 0. The van der Waals surface area contributed by atoms with E-state index in [1.165, 1.54) is 0 Å². The Morgan fingerprint density at radius 3 is 2.94 bits per heavy atom. The van der Waals surface area contributed by atoms with Crippen molar-refractivity contribution in [1.82, 2.24) is 4.90 Å². The highest BCUT2D eigenvalue weighted by atomic mass is 16.5. The minimum Gasteiger partial charge on any atom is -0.378 e. The Balaban J connectivity index is 1.74. The topological polar surface area (TPSA) is 55.6 Å². The third kappa shape index (κ3) is 3.45. The van der Waals surface area contributed by atoms with Crippen molar-refractivity contribution < 1.29 is 9.53 Å².